The van der Waals surface area contributed by atoms with Crippen molar-refractivity contribution in [2.75, 3.05) is 37.6 Å². The van der Waals surface area contributed by atoms with Gasteiger partial charge in [0.1, 0.15) is 0 Å². The molecule has 0 bridgehead atoms. The molecular formula is C10H15N3O2. The van der Waals surface area contributed by atoms with Crippen LogP contribution in [0, 0.1) is 0 Å². The summed E-state index contributed by atoms with van der Waals surface area (Å²) >= 11 is 0. The zero-order chi connectivity index (χ0) is 10.7. The van der Waals surface area contributed by atoms with Crippen molar-refractivity contribution in [3.8, 4) is 0 Å². The normalized spacial score (nSPS) is 18.0. The van der Waals surface area contributed by atoms with Crippen molar-refractivity contribution in [3.05, 3.63) is 18.5 Å². The molecule has 2 rings (SSSR count). The number of rotatable bonds is 3. The fourth-order valence-corrected chi connectivity index (χ4v) is 1.87. The Labute approximate surface area is 88.3 Å². The van der Waals surface area contributed by atoms with E-state index in [9.17, 15) is 4.79 Å². The highest BCUT2D eigenvalue weighted by molar-refractivity contribution is 5.69. The predicted molar refractivity (Wildman–Crippen MR) is 57.1 cm³/mol. The molecule has 0 unspecified atom stereocenters. The Kier molecular flexibility index (Phi) is 2.91. The zero-order valence-electron chi connectivity index (χ0n) is 8.52. The Balaban J connectivity index is 1.84. The van der Waals surface area contributed by atoms with Crippen LogP contribution in [0.2, 0.25) is 0 Å². The first kappa shape index (κ1) is 10.0. The largest absolute Gasteiger partial charge is 0.480 e. The van der Waals surface area contributed by atoms with E-state index in [-0.39, 0.29) is 6.54 Å². The molecule has 1 saturated heterocycles. The minimum Gasteiger partial charge on any atom is -0.480 e. The number of nitrogens with zero attached hydrogens (tertiary/aromatic N) is 2. The molecule has 15 heavy (non-hydrogen) atoms. The highest BCUT2D eigenvalue weighted by Crippen LogP contribution is 2.14. The lowest BCUT2D eigenvalue weighted by Crippen LogP contribution is -2.47. The van der Waals surface area contributed by atoms with E-state index in [1.165, 1.54) is 5.69 Å². The molecule has 0 aromatic carbocycles. The van der Waals surface area contributed by atoms with Crippen LogP contribution < -0.4 is 4.90 Å². The third kappa shape index (κ3) is 2.50. The molecule has 1 fully saturated rings. The minimum atomic E-state index is -0.745. The maximum atomic E-state index is 10.5. The molecule has 2 heterocycles. The molecule has 0 saturated carbocycles. The van der Waals surface area contributed by atoms with Crippen LogP contribution in [0.1, 0.15) is 0 Å². The molecular weight excluding hydrogens is 194 g/mol. The van der Waals surface area contributed by atoms with E-state index in [2.05, 4.69) is 9.88 Å². The molecule has 1 aliphatic heterocycles. The van der Waals surface area contributed by atoms with E-state index >= 15 is 0 Å². The van der Waals surface area contributed by atoms with Gasteiger partial charge in [0.2, 0.25) is 0 Å². The number of anilines is 1. The number of carboxylic acid groups (broad SMARTS) is 1. The number of nitrogens with one attached hydrogen (secondary N) is 1. The summed E-state index contributed by atoms with van der Waals surface area (Å²) in [7, 11) is 0. The van der Waals surface area contributed by atoms with Crippen LogP contribution in [0.5, 0.6) is 0 Å². The SMILES string of the molecule is O=C(O)CN1CCN(c2cc[nH]c2)CC1. The molecule has 0 amide bonds. The van der Waals surface area contributed by atoms with Crippen LogP contribution >= 0.6 is 0 Å². The number of carboxylic acids is 1. The zero-order valence-corrected chi connectivity index (χ0v) is 8.52. The summed E-state index contributed by atoms with van der Waals surface area (Å²) in [6.45, 7) is 3.58. The van der Waals surface area contributed by atoms with Gasteiger partial charge in [-0.3, -0.25) is 9.69 Å². The quantitative estimate of drug-likeness (QED) is 0.747. The number of aromatic nitrogens is 1. The number of hydrogen-bond acceptors (Lipinski definition) is 3. The third-order valence-corrected chi connectivity index (χ3v) is 2.68. The Hall–Kier alpha value is -1.49. The number of carbonyl (C=O) groups is 1. The fraction of sp³-hybridized carbons (Fsp3) is 0.500. The topological polar surface area (TPSA) is 59.6 Å². The van der Waals surface area contributed by atoms with Crippen molar-refractivity contribution >= 4 is 11.7 Å². The van der Waals surface area contributed by atoms with E-state index in [0.717, 1.165) is 26.2 Å². The van der Waals surface area contributed by atoms with Crippen molar-refractivity contribution in [2.24, 2.45) is 0 Å². The van der Waals surface area contributed by atoms with Crippen molar-refractivity contribution in [2.45, 2.75) is 0 Å². The fourth-order valence-electron chi connectivity index (χ4n) is 1.87. The average Bonchev–Trinajstić information content (AvgIpc) is 2.71. The summed E-state index contributed by atoms with van der Waals surface area (Å²) in [6, 6.07) is 2.03. The highest BCUT2D eigenvalue weighted by Gasteiger charge is 2.18. The molecule has 0 spiro atoms. The lowest BCUT2D eigenvalue weighted by molar-refractivity contribution is -0.138. The molecule has 1 aromatic heterocycles. The summed E-state index contributed by atoms with van der Waals surface area (Å²) in [6.07, 6.45) is 3.87. The molecule has 0 radical (unpaired) electrons. The standard InChI is InChI=1S/C10H15N3O2/c14-10(15)8-12-3-5-13(6-4-12)9-1-2-11-7-9/h1-2,7,11H,3-6,8H2,(H,14,15). The number of hydrogen-bond donors (Lipinski definition) is 2. The lowest BCUT2D eigenvalue weighted by atomic mass is 10.3. The van der Waals surface area contributed by atoms with Crippen molar-refractivity contribution in [1.82, 2.24) is 9.88 Å². The van der Waals surface area contributed by atoms with E-state index in [1.54, 1.807) is 0 Å². The second-order valence-electron chi connectivity index (χ2n) is 3.73. The summed E-state index contributed by atoms with van der Waals surface area (Å²) in [5, 5.41) is 8.66. The first-order valence-corrected chi connectivity index (χ1v) is 5.07. The van der Waals surface area contributed by atoms with Gasteiger partial charge in [-0.1, -0.05) is 0 Å². The van der Waals surface area contributed by atoms with Gasteiger partial charge < -0.3 is 15.0 Å². The maximum Gasteiger partial charge on any atom is 0.317 e. The molecule has 2 N–H and O–H groups in total. The van der Waals surface area contributed by atoms with Crippen LogP contribution in [-0.2, 0) is 4.79 Å². The average molecular weight is 209 g/mol. The van der Waals surface area contributed by atoms with Crippen LogP contribution in [0.3, 0.4) is 0 Å². The summed E-state index contributed by atoms with van der Waals surface area (Å²) in [5.74, 6) is -0.745. The van der Waals surface area contributed by atoms with Crippen LogP contribution in [0.4, 0.5) is 5.69 Å². The van der Waals surface area contributed by atoms with E-state index in [1.807, 2.05) is 23.4 Å². The van der Waals surface area contributed by atoms with Gasteiger partial charge in [0.25, 0.3) is 0 Å². The van der Waals surface area contributed by atoms with Gasteiger partial charge in [0.05, 0.1) is 12.2 Å². The highest BCUT2D eigenvalue weighted by atomic mass is 16.4. The lowest BCUT2D eigenvalue weighted by Gasteiger charge is -2.34. The van der Waals surface area contributed by atoms with E-state index in [4.69, 9.17) is 5.11 Å². The van der Waals surface area contributed by atoms with Gasteiger partial charge >= 0.3 is 5.97 Å². The van der Waals surface area contributed by atoms with Crippen molar-refractivity contribution in [1.29, 1.82) is 0 Å². The monoisotopic (exact) mass is 209 g/mol. The molecule has 1 aromatic rings. The summed E-state index contributed by atoms with van der Waals surface area (Å²) in [4.78, 5) is 17.8. The van der Waals surface area contributed by atoms with E-state index in [0.29, 0.717) is 0 Å². The van der Waals surface area contributed by atoms with Gasteiger partial charge in [0.15, 0.2) is 0 Å². The van der Waals surface area contributed by atoms with Crippen LogP contribution in [-0.4, -0.2) is 53.7 Å². The Bertz CT molecular complexity index is 315. The van der Waals surface area contributed by atoms with Crippen molar-refractivity contribution in [3.63, 3.8) is 0 Å². The smallest absolute Gasteiger partial charge is 0.317 e. The number of piperazine rings is 1. The molecule has 5 nitrogen and oxygen atoms in total. The van der Waals surface area contributed by atoms with Gasteiger partial charge in [-0.25, -0.2) is 0 Å². The van der Waals surface area contributed by atoms with Crippen molar-refractivity contribution < 1.29 is 9.90 Å². The number of aromatic amines is 1. The Morgan fingerprint density at radius 1 is 1.40 bits per heavy atom. The number of aliphatic carboxylic acids is 1. The maximum absolute atomic E-state index is 10.5. The molecule has 0 atom stereocenters. The first-order chi connectivity index (χ1) is 7.25. The van der Waals surface area contributed by atoms with Gasteiger partial charge in [-0.2, -0.15) is 0 Å². The second-order valence-corrected chi connectivity index (χ2v) is 3.73. The summed E-state index contributed by atoms with van der Waals surface area (Å²) < 4.78 is 0. The summed E-state index contributed by atoms with van der Waals surface area (Å²) in [5.41, 5.74) is 1.19. The van der Waals surface area contributed by atoms with Gasteiger partial charge in [0, 0.05) is 38.6 Å². The molecule has 82 valence electrons. The Morgan fingerprint density at radius 3 is 2.67 bits per heavy atom. The predicted octanol–water partition coefficient (Wildman–Crippen LogP) is 0.221. The Morgan fingerprint density at radius 2 is 2.13 bits per heavy atom. The van der Waals surface area contributed by atoms with Crippen LogP contribution in [0.25, 0.3) is 0 Å². The molecule has 0 aliphatic carbocycles. The molecule has 1 aliphatic rings. The second kappa shape index (κ2) is 4.35. The van der Waals surface area contributed by atoms with Crippen LogP contribution in [0.15, 0.2) is 18.5 Å². The van der Waals surface area contributed by atoms with Gasteiger partial charge in [-0.15, -0.1) is 0 Å². The van der Waals surface area contributed by atoms with Gasteiger partial charge in [-0.05, 0) is 6.07 Å². The molecule has 5 heteroatoms. The third-order valence-electron chi connectivity index (χ3n) is 2.68. The first-order valence-electron chi connectivity index (χ1n) is 5.07. The number of H-pyrrole nitrogens is 1. The minimum absolute atomic E-state index is 0.154. The van der Waals surface area contributed by atoms with E-state index < -0.39 is 5.97 Å².